The average molecular weight is 224 g/mol. The summed E-state index contributed by atoms with van der Waals surface area (Å²) in [5.74, 6) is -0.901. The van der Waals surface area contributed by atoms with Crippen molar-refractivity contribution in [3.63, 3.8) is 0 Å². The molecule has 0 saturated heterocycles. The molecule has 0 aromatic heterocycles. The molecule has 1 aromatic carbocycles. The molecular formula is C12H14F2N2. The summed E-state index contributed by atoms with van der Waals surface area (Å²) in [5.41, 5.74) is -0.238. The lowest BCUT2D eigenvalue weighted by atomic mass is 9.96. The molecule has 0 fully saturated rings. The molecule has 0 saturated carbocycles. The Bertz CT molecular complexity index is 408. The zero-order valence-electron chi connectivity index (χ0n) is 9.35. The number of halogens is 2. The van der Waals surface area contributed by atoms with Crippen molar-refractivity contribution in [1.82, 2.24) is 5.32 Å². The maximum Gasteiger partial charge on any atom is 0.127 e. The summed E-state index contributed by atoms with van der Waals surface area (Å²) in [5, 5.41) is 11.7. The third-order valence-electron chi connectivity index (χ3n) is 2.19. The first-order valence-electron chi connectivity index (χ1n) is 5.00. The van der Waals surface area contributed by atoms with Crippen LogP contribution >= 0.6 is 0 Å². The highest BCUT2D eigenvalue weighted by atomic mass is 19.1. The first-order chi connectivity index (χ1) is 7.44. The molecule has 0 aliphatic carbocycles. The highest BCUT2D eigenvalue weighted by molar-refractivity contribution is 5.18. The fourth-order valence-electron chi connectivity index (χ4n) is 1.23. The minimum atomic E-state index is -0.510. The second-order valence-corrected chi connectivity index (χ2v) is 4.33. The molecule has 0 aliphatic rings. The van der Waals surface area contributed by atoms with Crippen LogP contribution in [0.3, 0.4) is 0 Å². The summed E-state index contributed by atoms with van der Waals surface area (Å²) in [7, 11) is 0. The van der Waals surface area contributed by atoms with Crippen molar-refractivity contribution in [1.29, 1.82) is 5.26 Å². The molecule has 16 heavy (non-hydrogen) atoms. The van der Waals surface area contributed by atoms with E-state index in [0.29, 0.717) is 6.54 Å². The van der Waals surface area contributed by atoms with Crippen LogP contribution in [0.2, 0.25) is 0 Å². The fraction of sp³-hybridized carbons (Fsp3) is 0.417. The maximum absolute atomic E-state index is 13.2. The van der Waals surface area contributed by atoms with E-state index in [1.807, 2.05) is 0 Å². The lowest BCUT2D eigenvalue weighted by Crippen LogP contribution is -2.28. The van der Waals surface area contributed by atoms with E-state index in [1.165, 1.54) is 0 Å². The minimum absolute atomic E-state index is 0.217. The first kappa shape index (κ1) is 12.6. The number of nitriles is 1. The van der Waals surface area contributed by atoms with Gasteiger partial charge < -0.3 is 5.32 Å². The summed E-state index contributed by atoms with van der Waals surface area (Å²) in [6, 6.07) is 5.46. The van der Waals surface area contributed by atoms with Crippen LogP contribution < -0.4 is 5.32 Å². The predicted molar refractivity (Wildman–Crippen MR) is 57.5 cm³/mol. The monoisotopic (exact) mass is 224 g/mol. The van der Waals surface area contributed by atoms with Gasteiger partial charge in [0, 0.05) is 18.7 Å². The average Bonchev–Trinajstić information content (AvgIpc) is 2.23. The molecule has 0 heterocycles. The topological polar surface area (TPSA) is 35.8 Å². The van der Waals surface area contributed by atoms with Crippen molar-refractivity contribution in [2.24, 2.45) is 5.41 Å². The zero-order chi connectivity index (χ0) is 12.2. The molecule has 0 aliphatic heterocycles. The van der Waals surface area contributed by atoms with Crippen LogP contribution in [0.25, 0.3) is 0 Å². The van der Waals surface area contributed by atoms with E-state index < -0.39 is 17.0 Å². The Morgan fingerprint density at radius 3 is 2.69 bits per heavy atom. The third-order valence-corrected chi connectivity index (χ3v) is 2.19. The molecule has 0 bridgehead atoms. The molecular weight excluding hydrogens is 210 g/mol. The molecule has 1 rings (SSSR count). The summed E-state index contributed by atoms with van der Waals surface area (Å²) in [6.07, 6.45) is 0. The van der Waals surface area contributed by atoms with E-state index in [9.17, 15) is 8.78 Å². The molecule has 0 amide bonds. The van der Waals surface area contributed by atoms with Crippen molar-refractivity contribution in [2.75, 3.05) is 6.54 Å². The SMILES string of the molecule is CC(C)(C#N)CNCc1cc(F)ccc1F. The second-order valence-electron chi connectivity index (χ2n) is 4.33. The van der Waals surface area contributed by atoms with Gasteiger partial charge in [0.1, 0.15) is 11.6 Å². The molecule has 0 unspecified atom stereocenters. The molecule has 0 atom stereocenters. The minimum Gasteiger partial charge on any atom is -0.311 e. The van der Waals surface area contributed by atoms with Crippen LogP contribution in [0.5, 0.6) is 0 Å². The van der Waals surface area contributed by atoms with Gasteiger partial charge in [0.15, 0.2) is 0 Å². The number of nitrogens with one attached hydrogen (secondary N) is 1. The quantitative estimate of drug-likeness (QED) is 0.853. The van der Waals surface area contributed by atoms with Crippen LogP contribution in [0.1, 0.15) is 19.4 Å². The lowest BCUT2D eigenvalue weighted by Gasteiger charge is -2.15. The van der Waals surface area contributed by atoms with Gasteiger partial charge in [-0.2, -0.15) is 5.26 Å². The highest BCUT2D eigenvalue weighted by Crippen LogP contribution is 2.13. The van der Waals surface area contributed by atoms with E-state index in [-0.39, 0.29) is 12.1 Å². The van der Waals surface area contributed by atoms with Gasteiger partial charge in [0.05, 0.1) is 11.5 Å². The third kappa shape index (κ3) is 3.59. The lowest BCUT2D eigenvalue weighted by molar-refractivity contribution is 0.440. The van der Waals surface area contributed by atoms with Crippen molar-refractivity contribution >= 4 is 0 Å². The maximum atomic E-state index is 13.2. The summed E-state index contributed by atoms with van der Waals surface area (Å²) in [4.78, 5) is 0. The Labute approximate surface area is 93.9 Å². The van der Waals surface area contributed by atoms with Gasteiger partial charge in [-0.15, -0.1) is 0 Å². The fourth-order valence-corrected chi connectivity index (χ4v) is 1.23. The number of nitrogens with zero attached hydrogens (tertiary/aromatic N) is 1. The number of benzene rings is 1. The smallest absolute Gasteiger partial charge is 0.127 e. The molecule has 1 N–H and O–H groups in total. The Kier molecular flexibility index (Phi) is 3.97. The van der Waals surface area contributed by atoms with Gasteiger partial charge in [0.25, 0.3) is 0 Å². The van der Waals surface area contributed by atoms with Crippen molar-refractivity contribution < 1.29 is 8.78 Å². The molecule has 0 radical (unpaired) electrons. The van der Waals surface area contributed by atoms with Gasteiger partial charge in [-0.05, 0) is 32.0 Å². The molecule has 1 aromatic rings. The van der Waals surface area contributed by atoms with Gasteiger partial charge >= 0.3 is 0 Å². The van der Waals surface area contributed by atoms with Crippen molar-refractivity contribution in [2.45, 2.75) is 20.4 Å². The normalized spacial score (nSPS) is 11.2. The van der Waals surface area contributed by atoms with E-state index in [4.69, 9.17) is 5.26 Å². The molecule has 0 spiro atoms. The summed E-state index contributed by atoms with van der Waals surface area (Å²) >= 11 is 0. The Morgan fingerprint density at radius 1 is 1.38 bits per heavy atom. The van der Waals surface area contributed by atoms with Crippen molar-refractivity contribution in [3.05, 3.63) is 35.4 Å². The molecule has 86 valence electrons. The van der Waals surface area contributed by atoms with E-state index >= 15 is 0 Å². The van der Waals surface area contributed by atoms with Crippen LogP contribution in [0, 0.1) is 28.4 Å². The highest BCUT2D eigenvalue weighted by Gasteiger charge is 2.15. The van der Waals surface area contributed by atoms with E-state index in [2.05, 4.69) is 11.4 Å². The Hall–Kier alpha value is -1.47. The van der Waals surface area contributed by atoms with Crippen LogP contribution in [0.15, 0.2) is 18.2 Å². The number of rotatable bonds is 4. The number of hydrogen-bond acceptors (Lipinski definition) is 2. The Balaban J connectivity index is 2.56. The second kappa shape index (κ2) is 5.04. The molecule has 2 nitrogen and oxygen atoms in total. The Morgan fingerprint density at radius 2 is 2.06 bits per heavy atom. The van der Waals surface area contributed by atoms with Gasteiger partial charge in [-0.1, -0.05) is 0 Å². The predicted octanol–water partition coefficient (Wildman–Crippen LogP) is 2.60. The number of hydrogen-bond donors (Lipinski definition) is 1. The summed E-state index contributed by atoms with van der Waals surface area (Å²) in [6.45, 7) is 4.21. The van der Waals surface area contributed by atoms with Crippen LogP contribution in [-0.4, -0.2) is 6.54 Å². The van der Waals surface area contributed by atoms with Gasteiger partial charge in [-0.25, -0.2) is 8.78 Å². The zero-order valence-corrected chi connectivity index (χ0v) is 9.35. The molecule has 4 heteroatoms. The van der Waals surface area contributed by atoms with Gasteiger partial charge in [0.2, 0.25) is 0 Å². The van der Waals surface area contributed by atoms with E-state index in [0.717, 1.165) is 18.2 Å². The van der Waals surface area contributed by atoms with Crippen molar-refractivity contribution in [3.8, 4) is 6.07 Å². The summed E-state index contributed by atoms with van der Waals surface area (Å²) < 4.78 is 26.0. The van der Waals surface area contributed by atoms with Crippen LogP contribution in [-0.2, 0) is 6.54 Å². The first-order valence-corrected chi connectivity index (χ1v) is 5.00. The van der Waals surface area contributed by atoms with Crippen LogP contribution in [0.4, 0.5) is 8.78 Å². The standard InChI is InChI=1S/C12H14F2N2/c1-12(2,7-15)8-16-6-9-5-10(13)3-4-11(9)14/h3-5,16H,6,8H2,1-2H3. The largest absolute Gasteiger partial charge is 0.311 e. The van der Waals surface area contributed by atoms with Gasteiger partial charge in [-0.3, -0.25) is 0 Å². The van der Waals surface area contributed by atoms with E-state index in [1.54, 1.807) is 13.8 Å².